The number of fused-ring (bicyclic) bond motifs is 1. The first kappa shape index (κ1) is 18.4. The zero-order valence-corrected chi connectivity index (χ0v) is 16.2. The molecular weight excluding hydrogens is 372 g/mol. The number of imidazole rings is 1. The quantitative estimate of drug-likeness (QED) is 0.493. The van der Waals surface area contributed by atoms with Crippen LogP contribution >= 0.6 is 23.1 Å². The largest absolute Gasteiger partial charge is 0.462 e. The van der Waals surface area contributed by atoms with Crippen LogP contribution in [-0.4, -0.2) is 38.7 Å². The van der Waals surface area contributed by atoms with Gasteiger partial charge in [0.25, 0.3) is 0 Å². The van der Waals surface area contributed by atoms with Crippen LogP contribution in [-0.2, 0) is 9.53 Å². The minimum Gasteiger partial charge on any atom is -0.462 e. The van der Waals surface area contributed by atoms with E-state index in [1.54, 1.807) is 20.8 Å². The lowest BCUT2D eigenvalue weighted by Crippen LogP contribution is -2.22. The maximum atomic E-state index is 12.4. The van der Waals surface area contributed by atoms with E-state index >= 15 is 0 Å². The standard InChI is InChI=1S/C17H18N4O3S2/c1-4-24-15(23)13-9(2)18-16(26-13)21-14(22)10(3)25-17-19-11-7-5-6-8-12(11)20-17/h5-8,10H,4H2,1-3H3,(H,19,20)(H,18,21,22)/t10-/m0/s1. The number of ether oxygens (including phenoxy) is 1. The van der Waals surface area contributed by atoms with Crippen molar-refractivity contribution in [2.75, 3.05) is 11.9 Å². The molecule has 1 atom stereocenters. The molecule has 2 heterocycles. The number of benzene rings is 1. The minimum atomic E-state index is -0.423. The van der Waals surface area contributed by atoms with Gasteiger partial charge in [0.15, 0.2) is 10.3 Å². The number of amides is 1. The Morgan fingerprint density at radius 2 is 2.12 bits per heavy atom. The summed E-state index contributed by atoms with van der Waals surface area (Å²) in [5, 5.41) is 3.43. The van der Waals surface area contributed by atoms with Crippen LogP contribution in [0.15, 0.2) is 29.4 Å². The number of carbonyl (C=O) groups excluding carboxylic acids is 2. The van der Waals surface area contributed by atoms with Gasteiger partial charge in [0.05, 0.1) is 28.6 Å². The lowest BCUT2D eigenvalue weighted by molar-refractivity contribution is -0.115. The second-order valence-electron chi connectivity index (χ2n) is 5.46. The number of anilines is 1. The number of hydrogen-bond donors (Lipinski definition) is 2. The first-order chi connectivity index (χ1) is 12.5. The Bertz CT molecular complexity index is 918. The number of thiazole rings is 1. The molecule has 0 bridgehead atoms. The Labute approximate surface area is 158 Å². The van der Waals surface area contributed by atoms with Crippen molar-refractivity contribution >= 4 is 51.1 Å². The predicted molar refractivity (Wildman–Crippen MR) is 103 cm³/mol. The van der Waals surface area contributed by atoms with Gasteiger partial charge in [-0.25, -0.2) is 14.8 Å². The van der Waals surface area contributed by atoms with Gasteiger partial charge in [-0.05, 0) is 32.9 Å². The summed E-state index contributed by atoms with van der Waals surface area (Å²) in [4.78, 5) is 36.5. The zero-order chi connectivity index (χ0) is 18.7. The normalized spacial score (nSPS) is 12.1. The summed E-state index contributed by atoms with van der Waals surface area (Å²) in [7, 11) is 0. The highest BCUT2D eigenvalue weighted by Crippen LogP contribution is 2.27. The Kier molecular flexibility index (Phi) is 5.58. The Morgan fingerprint density at radius 1 is 1.35 bits per heavy atom. The minimum absolute atomic E-state index is 0.209. The van der Waals surface area contributed by atoms with Crippen molar-refractivity contribution in [2.24, 2.45) is 0 Å². The van der Waals surface area contributed by atoms with Gasteiger partial charge in [-0.15, -0.1) is 0 Å². The molecule has 0 aliphatic heterocycles. The van der Waals surface area contributed by atoms with Gasteiger partial charge in [0, 0.05) is 0 Å². The Morgan fingerprint density at radius 3 is 2.85 bits per heavy atom. The molecule has 26 heavy (non-hydrogen) atoms. The van der Waals surface area contributed by atoms with Crippen LogP contribution in [0.2, 0.25) is 0 Å². The molecule has 1 amide bonds. The van der Waals surface area contributed by atoms with Crippen LogP contribution < -0.4 is 5.32 Å². The molecule has 3 aromatic rings. The summed E-state index contributed by atoms with van der Waals surface area (Å²) in [5.41, 5.74) is 2.33. The molecule has 0 aliphatic carbocycles. The number of para-hydroxylation sites is 2. The molecule has 1 aromatic carbocycles. The summed E-state index contributed by atoms with van der Waals surface area (Å²) in [6.07, 6.45) is 0. The van der Waals surface area contributed by atoms with E-state index in [1.165, 1.54) is 11.8 Å². The number of aromatic nitrogens is 3. The number of rotatable bonds is 6. The van der Waals surface area contributed by atoms with Crippen molar-refractivity contribution in [3.8, 4) is 0 Å². The summed E-state index contributed by atoms with van der Waals surface area (Å²) in [6, 6.07) is 7.69. The van der Waals surface area contributed by atoms with Gasteiger partial charge in [0.2, 0.25) is 5.91 Å². The molecule has 2 N–H and O–H groups in total. The van der Waals surface area contributed by atoms with E-state index in [4.69, 9.17) is 4.74 Å². The lowest BCUT2D eigenvalue weighted by atomic mass is 10.3. The number of aryl methyl sites for hydroxylation is 1. The maximum absolute atomic E-state index is 12.4. The molecule has 2 aromatic heterocycles. The molecule has 0 spiro atoms. The second-order valence-corrected chi connectivity index (χ2v) is 7.79. The van der Waals surface area contributed by atoms with Crippen LogP contribution in [0, 0.1) is 6.92 Å². The van der Waals surface area contributed by atoms with Crippen LogP contribution in [0.5, 0.6) is 0 Å². The van der Waals surface area contributed by atoms with E-state index in [9.17, 15) is 9.59 Å². The van der Waals surface area contributed by atoms with Crippen molar-refractivity contribution in [2.45, 2.75) is 31.2 Å². The predicted octanol–water partition coefficient (Wildman–Crippen LogP) is 3.62. The van der Waals surface area contributed by atoms with E-state index in [0.717, 1.165) is 22.4 Å². The zero-order valence-electron chi connectivity index (χ0n) is 14.5. The number of carbonyl (C=O) groups is 2. The third-order valence-electron chi connectivity index (χ3n) is 3.51. The number of esters is 1. The smallest absolute Gasteiger partial charge is 0.350 e. The Balaban J connectivity index is 1.65. The fraction of sp³-hybridized carbons (Fsp3) is 0.294. The first-order valence-electron chi connectivity index (χ1n) is 8.04. The molecule has 0 radical (unpaired) electrons. The van der Waals surface area contributed by atoms with Gasteiger partial charge < -0.3 is 15.0 Å². The van der Waals surface area contributed by atoms with E-state index in [2.05, 4.69) is 20.3 Å². The maximum Gasteiger partial charge on any atom is 0.350 e. The lowest BCUT2D eigenvalue weighted by Gasteiger charge is -2.08. The highest BCUT2D eigenvalue weighted by molar-refractivity contribution is 8.00. The molecule has 0 aliphatic rings. The van der Waals surface area contributed by atoms with Gasteiger partial charge in [-0.2, -0.15) is 0 Å². The molecule has 0 unspecified atom stereocenters. The van der Waals surface area contributed by atoms with Gasteiger partial charge in [-0.3, -0.25) is 4.79 Å². The number of nitrogens with zero attached hydrogens (tertiary/aromatic N) is 2. The average molecular weight is 390 g/mol. The number of aromatic amines is 1. The van der Waals surface area contributed by atoms with Crippen molar-refractivity contribution < 1.29 is 14.3 Å². The molecule has 136 valence electrons. The van der Waals surface area contributed by atoms with Crippen molar-refractivity contribution in [1.29, 1.82) is 0 Å². The van der Waals surface area contributed by atoms with Crippen LogP contribution in [0.1, 0.15) is 29.2 Å². The van der Waals surface area contributed by atoms with E-state index in [-0.39, 0.29) is 11.2 Å². The second kappa shape index (κ2) is 7.88. The summed E-state index contributed by atoms with van der Waals surface area (Å²) < 4.78 is 4.98. The van der Waals surface area contributed by atoms with Gasteiger partial charge in [-0.1, -0.05) is 35.2 Å². The topological polar surface area (TPSA) is 97.0 Å². The van der Waals surface area contributed by atoms with Crippen molar-refractivity contribution in [3.63, 3.8) is 0 Å². The average Bonchev–Trinajstić information content (AvgIpc) is 3.17. The number of thioether (sulfide) groups is 1. The van der Waals surface area contributed by atoms with Crippen LogP contribution in [0.4, 0.5) is 5.13 Å². The van der Waals surface area contributed by atoms with Crippen LogP contribution in [0.3, 0.4) is 0 Å². The molecule has 9 heteroatoms. The molecule has 0 saturated heterocycles. The molecular formula is C17H18N4O3S2. The monoisotopic (exact) mass is 390 g/mol. The van der Waals surface area contributed by atoms with Gasteiger partial charge >= 0.3 is 5.97 Å². The summed E-state index contributed by atoms with van der Waals surface area (Å²) >= 11 is 2.44. The number of hydrogen-bond acceptors (Lipinski definition) is 7. The number of nitrogens with one attached hydrogen (secondary N) is 2. The molecule has 3 rings (SSSR count). The van der Waals surface area contributed by atoms with E-state index < -0.39 is 5.97 Å². The fourth-order valence-corrected chi connectivity index (χ4v) is 3.93. The molecule has 0 saturated carbocycles. The summed E-state index contributed by atoms with van der Waals surface area (Å²) in [6.45, 7) is 5.54. The Hall–Kier alpha value is -2.39. The third-order valence-corrected chi connectivity index (χ3v) is 5.55. The molecule has 0 fully saturated rings. The van der Waals surface area contributed by atoms with Gasteiger partial charge in [0.1, 0.15) is 4.88 Å². The molecule has 7 nitrogen and oxygen atoms in total. The number of H-pyrrole nitrogens is 1. The first-order valence-corrected chi connectivity index (χ1v) is 9.74. The highest BCUT2D eigenvalue weighted by Gasteiger charge is 2.21. The van der Waals surface area contributed by atoms with Crippen LogP contribution in [0.25, 0.3) is 11.0 Å². The highest BCUT2D eigenvalue weighted by atomic mass is 32.2. The summed E-state index contributed by atoms with van der Waals surface area (Å²) in [5.74, 6) is -0.632. The van der Waals surface area contributed by atoms with E-state index in [1.807, 2.05) is 24.3 Å². The third kappa shape index (κ3) is 4.05. The van der Waals surface area contributed by atoms with Crippen molar-refractivity contribution in [3.05, 3.63) is 34.8 Å². The fourth-order valence-electron chi connectivity index (χ4n) is 2.25. The SMILES string of the molecule is CCOC(=O)c1sc(NC(=O)[C@H](C)Sc2nc3ccccc3[nH]2)nc1C. The van der Waals surface area contributed by atoms with E-state index in [0.29, 0.717) is 27.5 Å². The van der Waals surface area contributed by atoms with Crippen molar-refractivity contribution in [1.82, 2.24) is 15.0 Å².